The highest BCUT2D eigenvalue weighted by Gasteiger charge is 2.40. The summed E-state index contributed by atoms with van der Waals surface area (Å²) in [5.41, 5.74) is 6.95. The maximum absolute atomic E-state index is 13.7. The molecule has 1 aromatic heterocycles. The molecule has 5 rings (SSSR count). The van der Waals surface area contributed by atoms with Gasteiger partial charge in [0.05, 0.1) is 11.9 Å². The fourth-order valence-corrected chi connectivity index (χ4v) is 5.22. The minimum Gasteiger partial charge on any atom is -0.362 e. The molecule has 0 saturated carbocycles. The number of nitrogens with one attached hydrogen (secondary N) is 2. The average molecular weight is 464 g/mol. The Morgan fingerprint density at radius 1 is 1.00 bits per heavy atom. The van der Waals surface area contributed by atoms with Gasteiger partial charge in [-0.05, 0) is 54.5 Å². The van der Waals surface area contributed by atoms with Crippen LogP contribution < -0.4 is 10.6 Å². The highest BCUT2D eigenvalue weighted by atomic mass is 16.2. The number of ketones is 1. The zero-order valence-electron chi connectivity index (χ0n) is 20.0. The molecule has 0 saturated heterocycles. The van der Waals surface area contributed by atoms with Crippen molar-refractivity contribution in [3.05, 3.63) is 118 Å². The molecular weight excluding hydrogens is 434 g/mol. The summed E-state index contributed by atoms with van der Waals surface area (Å²) in [7, 11) is 0. The van der Waals surface area contributed by atoms with Gasteiger partial charge in [-0.15, -0.1) is 0 Å². The monoisotopic (exact) mass is 463 g/mol. The number of carbonyl (C=O) groups is 2. The van der Waals surface area contributed by atoms with Crippen molar-refractivity contribution in [3.8, 4) is 0 Å². The van der Waals surface area contributed by atoms with E-state index < -0.39 is 5.92 Å². The van der Waals surface area contributed by atoms with Crippen LogP contribution in [0.3, 0.4) is 0 Å². The maximum atomic E-state index is 13.7. The summed E-state index contributed by atoms with van der Waals surface area (Å²) in [5.74, 6) is -0.428. The van der Waals surface area contributed by atoms with Crippen LogP contribution in [-0.4, -0.2) is 16.7 Å². The van der Waals surface area contributed by atoms with E-state index in [9.17, 15) is 9.59 Å². The molecule has 2 N–H and O–H groups in total. The summed E-state index contributed by atoms with van der Waals surface area (Å²) < 4.78 is 0. The van der Waals surface area contributed by atoms with E-state index in [2.05, 4.69) is 58.9 Å². The number of carbonyl (C=O) groups excluding carboxylic acids is 2. The highest BCUT2D eigenvalue weighted by molar-refractivity contribution is 6.09. The Morgan fingerprint density at radius 3 is 2.46 bits per heavy atom. The van der Waals surface area contributed by atoms with E-state index in [-0.39, 0.29) is 17.6 Å². The van der Waals surface area contributed by atoms with Crippen LogP contribution in [0.2, 0.25) is 0 Å². The molecule has 2 unspecified atom stereocenters. The summed E-state index contributed by atoms with van der Waals surface area (Å²) >= 11 is 0. The lowest BCUT2D eigenvalue weighted by molar-refractivity contribution is -0.116. The lowest BCUT2D eigenvalue weighted by atomic mass is 9.71. The van der Waals surface area contributed by atoms with Gasteiger partial charge in [0.15, 0.2) is 5.78 Å². The Balaban J connectivity index is 1.56. The van der Waals surface area contributed by atoms with Gasteiger partial charge in [-0.1, -0.05) is 61.5 Å². The SMILES string of the molecule is CCc1ccc(C2C(C(=O)Nc3cccnc3)=C(C)NC3=C2C(=O)CC(c2ccccc2)C3)cc1. The number of aryl methyl sites for hydroxylation is 1. The van der Waals surface area contributed by atoms with Gasteiger partial charge in [0.1, 0.15) is 0 Å². The number of anilines is 1. The number of allylic oxidation sites excluding steroid dienone is 3. The molecule has 1 amide bonds. The number of pyridine rings is 1. The van der Waals surface area contributed by atoms with E-state index >= 15 is 0 Å². The van der Waals surface area contributed by atoms with Crippen molar-refractivity contribution in [1.29, 1.82) is 0 Å². The molecule has 2 aliphatic rings. The second kappa shape index (κ2) is 9.71. The minimum absolute atomic E-state index is 0.0938. The first kappa shape index (κ1) is 22.8. The molecule has 2 atom stereocenters. The fraction of sp³-hybridized carbons (Fsp3) is 0.233. The normalized spacial score (nSPS) is 19.8. The van der Waals surface area contributed by atoms with Gasteiger partial charge in [-0.2, -0.15) is 0 Å². The number of dihydropyridines is 1. The predicted octanol–water partition coefficient (Wildman–Crippen LogP) is 5.64. The van der Waals surface area contributed by atoms with Crippen LogP contribution in [0, 0.1) is 0 Å². The van der Waals surface area contributed by atoms with Crippen molar-refractivity contribution in [2.75, 3.05) is 5.32 Å². The van der Waals surface area contributed by atoms with Crippen molar-refractivity contribution in [2.45, 2.75) is 44.9 Å². The average Bonchev–Trinajstić information content (AvgIpc) is 2.89. The number of aromatic nitrogens is 1. The molecule has 2 aromatic carbocycles. The van der Waals surface area contributed by atoms with Gasteiger partial charge in [0.25, 0.3) is 5.91 Å². The third kappa shape index (κ3) is 4.54. The molecule has 1 aliphatic heterocycles. The Kier molecular flexibility index (Phi) is 6.32. The van der Waals surface area contributed by atoms with Crippen molar-refractivity contribution in [2.24, 2.45) is 0 Å². The van der Waals surface area contributed by atoms with E-state index in [1.54, 1.807) is 18.5 Å². The molecule has 0 bridgehead atoms. The number of amides is 1. The van der Waals surface area contributed by atoms with Crippen molar-refractivity contribution < 1.29 is 9.59 Å². The van der Waals surface area contributed by atoms with E-state index in [1.807, 2.05) is 31.2 Å². The first-order chi connectivity index (χ1) is 17.0. The molecule has 2 heterocycles. The molecule has 5 heteroatoms. The number of nitrogens with zero attached hydrogens (tertiary/aromatic N) is 1. The van der Waals surface area contributed by atoms with Crippen LogP contribution in [0.5, 0.6) is 0 Å². The van der Waals surface area contributed by atoms with Crippen LogP contribution in [0.1, 0.15) is 55.2 Å². The lowest BCUT2D eigenvalue weighted by Crippen LogP contribution is -2.37. The minimum atomic E-state index is -0.418. The zero-order chi connectivity index (χ0) is 24.4. The van der Waals surface area contributed by atoms with Crippen LogP contribution >= 0.6 is 0 Å². The van der Waals surface area contributed by atoms with Crippen LogP contribution in [0.15, 0.2) is 102 Å². The molecule has 0 spiro atoms. The Bertz CT molecular complexity index is 1310. The van der Waals surface area contributed by atoms with E-state index in [4.69, 9.17) is 0 Å². The summed E-state index contributed by atoms with van der Waals surface area (Å²) in [6.45, 7) is 4.04. The predicted molar refractivity (Wildman–Crippen MR) is 138 cm³/mol. The highest BCUT2D eigenvalue weighted by Crippen LogP contribution is 2.45. The molecule has 176 valence electrons. The Labute approximate surface area is 206 Å². The quantitative estimate of drug-likeness (QED) is 0.513. The summed E-state index contributed by atoms with van der Waals surface area (Å²) in [6, 6.07) is 22.1. The first-order valence-corrected chi connectivity index (χ1v) is 12.1. The van der Waals surface area contributed by atoms with Crippen molar-refractivity contribution in [1.82, 2.24) is 10.3 Å². The second-order valence-corrected chi connectivity index (χ2v) is 9.22. The maximum Gasteiger partial charge on any atom is 0.254 e. The van der Waals surface area contributed by atoms with Gasteiger partial charge in [-0.25, -0.2) is 0 Å². The molecule has 0 fully saturated rings. The van der Waals surface area contributed by atoms with Crippen LogP contribution in [-0.2, 0) is 16.0 Å². The standard InChI is InChI=1S/C30H29N3O2/c1-3-20-11-13-22(14-12-20)28-27(30(35)33-24-10-7-15-31-18-24)19(2)32-25-16-23(17-26(34)29(25)28)21-8-5-4-6-9-21/h4-15,18,23,28,32H,3,16-17H2,1-2H3,(H,33,35). The lowest BCUT2D eigenvalue weighted by Gasteiger charge is -2.37. The summed E-state index contributed by atoms with van der Waals surface area (Å²) in [6.07, 6.45) is 5.40. The Hall–Kier alpha value is -3.99. The summed E-state index contributed by atoms with van der Waals surface area (Å²) in [4.78, 5) is 31.4. The second-order valence-electron chi connectivity index (χ2n) is 9.22. The van der Waals surface area contributed by atoms with Gasteiger partial charge in [0.2, 0.25) is 0 Å². The smallest absolute Gasteiger partial charge is 0.254 e. The molecule has 0 radical (unpaired) electrons. The van der Waals surface area contributed by atoms with E-state index in [0.717, 1.165) is 29.8 Å². The number of hydrogen-bond donors (Lipinski definition) is 2. The number of rotatable bonds is 5. The molecular formula is C30H29N3O2. The zero-order valence-corrected chi connectivity index (χ0v) is 20.0. The number of hydrogen-bond acceptors (Lipinski definition) is 4. The molecule has 1 aliphatic carbocycles. The van der Waals surface area contributed by atoms with Gasteiger partial charge in [0, 0.05) is 41.1 Å². The molecule has 35 heavy (non-hydrogen) atoms. The largest absolute Gasteiger partial charge is 0.362 e. The van der Waals surface area contributed by atoms with E-state index in [1.165, 1.54) is 11.1 Å². The third-order valence-electron chi connectivity index (χ3n) is 6.98. The number of Topliss-reactive ketones (excluding diaryl/α,β-unsaturated/α-hetero) is 1. The van der Waals surface area contributed by atoms with Crippen molar-refractivity contribution >= 4 is 17.4 Å². The Morgan fingerprint density at radius 2 is 1.77 bits per heavy atom. The summed E-state index contributed by atoms with van der Waals surface area (Å²) in [5, 5.41) is 6.43. The number of benzene rings is 2. The third-order valence-corrected chi connectivity index (χ3v) is 6.98. The first-order valence-electron chi connectivity index (χ1n) is 12.1. The topological polar surface area (TPSA) is 71.1 Å². The van der Waals surface area contributed by atoms with Crippen molar-refractivity contribution in [3.63, 3.8) is 0 Å². The van der Waals surface area contributed by atoms with Gasteiger partial charge < -0.3 is 10.6 Å². The van der Waals surface area contributed by atoms with E-state index in [0.29, 0.717) is 23.3 Å². The van der Waals surface area contributed by atoms with Crippen LogP contribution in [0.4, 0.5) is 5.69 Å². The van der Waals surface area contributed by atoms with Gasteiger partial charge >= 0.3 is 0 Å². The molecule has 3 aromatic rings. The van der Waals surface area contributed by atoms with Gasteiger partial charge in [-0.3, -0.25) is 14.6 Å². The fourth-order valence-electron chi connectivity index (χ4n) is 5.22. The van der Waals surface area contributed by atoms with Crippen LogP contribution in [0.25, 0.3) is 0 Å². The molecule has 5 nitrogen and oxygen atoms in total.